The average molecular weight is 219 g/mol. The molecule has 2 fully saturated rings. The molecule has 3 heteroatoms. The fourth-order valence-corrected chi connectivity index (χ4v) is 3.29. The number of aromatic nitrogens is 2. The van der Waals surface area contributed by atoms with E-state index in [1.807, 2.05) is 0 Å². The molecule has 0 radical (unpaired) electrons. The van der Waals surface area contributed by atoms with Crippen molar-refractivity contribution in [2.75, 3.05) is 5.73 Å². The van der Waals surface area contributed by atoms with Gasteiger partial charge in [0.25, 0.3) is 0 Å². The number of nitrogen functional groups attached to an aromatic ring is 1. The zero-order valence-electron chi connectivity index (χ0n) is 9.86. The largest absolute Gasteiger partial charge is 0.396 e. The van der Waals surface area contributed by atoms with Gasteiger partial charge in [0.1, 0.15) is 0 Å². The highest BCUT2D eigenvalue weighted by Gasteiger charge is 2.24. The number of nitrogens with zero attached hydrogens (tertiary/aromatic N) is 2. The van der Waals surface area contributed by atoms with Crippen molar-refractivity contribution in [3.05, 3.63) is 11.9 Å². The molecule has 0 unspecified atom stereocenters. The lowest BCUT2D eigenvalue weighted by molar-refractivity contribution is 0.458. The first-order valence-corrected chi connectivity index (χ1v) is 6.69. The molecular formula is C13H21N3. The summed E-state index contributed by atoms with van der Waals surface area (Å²) in [5.74, 6) is 0.641. The molecule has 0 aromatic carbocycles. The molecule has 0 spiro atoms. The van der Waals surface area contributed by atoms with Crippen LogP contribution in [-0.2, 0) is 0 Å². The Morgan fingerprint density at radius 1 is 1.06 bits per heavy atom. The van der Waals surface area contributed by atoms with Gasteiger partial charge in [-0.2, -0.15) is 5.10 Å². The van der Waals surface area contributed by atoms with E-state index in [1.54, 1.807) is 0 Å². The summed E-state index contributed by atoms with van der Waals surface area (Å²) in [5, 5.41) is 4.77. The molecule has 0 saturated heterocycles. The van der Waals surface area contributed by atoms with Gasteiger partial charge < -0.3 is 5.73 Å². The summed E-state index contributed by atoms with van der Waals surface area (Å²) in [7, 11) is 0. The summed E-state index contributed by atoms with van der Waals surface area (Å²) < 4.78 is 2.15. The Hall–Kier alpha value is -0.990. The van der Waals surface area contributed by atoms with Gasteiger partial charge in [0.2, 0.25) is 0 Å². The Kier molecular flexibility index (Phi) is 2.62. The number of hydrogen-bond acceptors (Lipinski definition) is 2. The van der Waals surface area contributed by atoms with Crippen LogP contribution in [0.4, 0.5) is 5.69 Å². The van der Waals surface area contributed by atoms with Crippen LogP contribution in [0.25, 0.3) is 0 Å². The van der Waals surface area contributed by atoms with E-state index >= 15 is 0 Å². The summed E-state index contributed by atoms with van der Waals surface area (Å²) >= 11 is 0. The molecule has 2 aliphatic rings. The zero-order chi connectivity index (χ0) is 11.0. The molecule has 1 aromatic heterocycles. The molecule has 3 rings (SSSR count). The minimum Gasteiger partial charge on any atom is -0.396 e. The van der Waals surface area contributed by atoms with Crippen LogP contribution in [0.3, 0.4) is 0 Å². The second-order valence-corrected chi connectivity index (χ2v) is 5.37. The topological polar surface area (TPSA) is 43.8 Å². The minimum absolute atomic E-state index is 0.623. The van der Waals surface area contributed by atoms with Crippen molar-refractivity contribution >= 4 is 5.69 Å². The predicted octanol–water partition coefficient (Wildman–Crippen LogP) is 3.24. The van der Waals surface area contributed by atoms with E-state index in [1.165, 1.54) is 57.1 Å². The van der Waals surface area contributed by atoms with E-state index in [0.717, 1.165) is 5.69 Å². The maximum absolute atomic E-state index is 6.11. The van der Waals surface area contributed by atoms with E-state index in [0.29, 0.717) is 12.0 Å². The molecule has 0 aliphatic heterocycles. The smallest absolute Gasteiger partial charge is 0.0884 e. The quantitative estimate of drug-likeness (QED) is 0.829. The van der Waals surface area contributed by atoms with Gasteiger partial charge >= 0.3 is 0 Å². The van der Waals surface area contributed by atoms with Crippen molar-refractivity contribution in [1.29, 1.82) is 0 Å². The maximum Gasteiger partial charge on any atom is 0.0884 e. The van der Waals surface area contributed by atoms with Crippen LogP contribution < -0.4 is 5.73 Å². The van der Waals surface area contributed by atoms with Crippen LogP contribution in [0.15, 0.2) is 6.20 Å². The first kappa shape index (κ1) is 10.2. The molecule has 2 aliphatic carbocycles. The number of rotatable bonds is 2. The van der Waals surface area contributed by atoms with Crippen molar-refractivity contribution in [2.45, 2.75) is 63.3 Å². The average Bonchev–Trinajstić information content (AvgIpc) is 2.97. The molecule has 1 aromatic rings. The van der Waals surface area contributed by atoms with Gasteiger partial charge in [-0.05, 0) is 25.7 Å². The summed E-state index contributed by atoms with van der Waals surface area (Å²) in [6.07, 6.45) is 12.6. The van der Waals surface area contributed by atoms with Crippen molar-refractivity contribution in [3.63, 3.8) is 0 Å². The van der Waals surface area contributed by atoms with Crippen molar-refractivity contribution in [3.8, 4) is 0 Å². The highest BCUT2D eigenvalue weighted by molar-refractivity contribution is 5.43. The maximum atomic E-state index is 6.11. The second-order valence-electron chi connectivity index (χ2n) is 5.37. The number of nitrogens with two attached hydrogens (primary N) is 1. The van der Waals surface area contributed by atoms with Crippen LogP contribution in [0.1, 0.15) is 69.0 Å². The van der Waals surface area contributed by atoms with Gasteiger partial charge in [0.05, 0.1) is 17.4 Å². The molecule has 0 bridgehead atoms. The molecule has 3 nitrogen and oxygen atoms in total. The Morgan fingerprint density at radius 2 is 1.69 bits per heavy atom. The minimum atomic E-state index is 0.623. The lowest BCUT2D eigenvalue weighted by atomic mass is 10.0. The lowest BCUT2D eigenvalue weighted by Gasteiger charge is -2.09. The third kappa shape index (κ3) is 1.72. The monoisotopic (exact) mass is 219 g/mol. The van der Waals surface area contributed by atoms with Crippen molar-refractivity contribution in [1.82, 2.24) is 9.78 Å². The van der Waals surface area contributed by atoms with E-state index in [4.69, 9.17) is 10.8 Å². The molecule has 1 heterocycles. The highest BCUT2D eigenvalue weighted by Crippen LogP contribution is 2.37. The van der Waals surface area contributed by atoms with Crippen LogP contribution >= 0.6 is 0 Å². The van der Waals surface area contributed by atoms with E-state index in [-0.39, 0.29) is 0 Å². The van der Waals surface area contributed by atoms with E-state index in [2.05, 4.69) is 10.9 Å². The molecule has 2 N–H and O–H groups in total. The van der Waals surface area contributed by atoms with E-state index < -0.39 is 0 Å². The standard InChI is InChI=1S/C13H21N3/c14-12-9-16(11-7-3-4-8-11)15-13(12)10-5-1-2-6-10/h9-11H,1-8,14H2. The highest BCUT2D eigenvalue weighted by atomic mass is 15.3. The second kappa shape index (κ2) is 4.11. The fourth-order valence-electron chi connectivity index (χ4n) is 3.29. The van der Waals surface area contributed by atoms with E-state index in [9.17, 15) is 0 Å². The Balaban J connectivity index is 1.83. The van der Waals surface area contributed by atoms with Gasteiger partial charge in [-0.25, -0.2) is 0 Å². The van der Waals surface area contributed by atoms with Gasteiger partial charge in [-0.1, -0.05) is 25.7 Å². The van der Waals surface area contributed by atoms with Gasteiger partial charge in [0, 0.05) is 12.1 Å². The van der Waals surface area contributed by atoms with Gasteiger partial charge in [0.15, 0.2) is 0 Å². The molecule has 0 amide bonds. The SMILES string of the molecule is Nc1cn(C2CCCC2)nc1C1CCCC1. The van der Waals surface area contributed by atoms with Crippen molar-refractivity contribution < 1.29 is 0 Å². The first-order chi connectivity index (χ1) is 7.84. The summed E-state index contributed by atoms with van der Waals surface area (Å²) in [4.78, 5) is 0. The first-order valence-electron chi connectivity index (χ1n) is 6.69. The molecule has 16 heavy (non-hydrogen) atoms. The number of hydrogen-bond donors (Lipinski definition) is 1. The van der Waals surface area contributed by atoms with Crippen LogP contribution in [0.5, 0.6) is 0 Å². The third-order valence-electron chi connectivity index (χ3n) is 4.23. The summed E-state index contributed by atoms with van der Waals surface area (Å²) in [6, 6.07) is 0.623. The van der Waals surface area contributed by atoms with Crippen LogP contribution in [0.2, 0.25) is 0 Å². The van der Waals surface area contributed by atoms with Crippen molar-refractivity contribution in [2.24, 2.45) is 0 Å². The van der Waals surface area contributed by atoms with Gasteiger partial charge in [-0.3, -0.25) is 4.68 Å². The third-order valence-corrected chi connectivity index (χ3v) is 4.23. The predicted molar refractivity (Wildman–Crippen MR) is 65.4 cm³/mol. The molecule has 0 atom stereocenters. The Bertz CT molecular complexity index is 357. The van der Waals surface area contributed by atoms with Crippen LogP contribution in [-0.4, -0.2) is 9.78 Å². The van der Waals surface area contributed by atoms with Crippen LogP contribution in [0, 0.1) is 0 Å². The van der Waals surface area contributed by atoms with Gasteiger partial charge in [-0.15, -0.1) is 0 Å². The Labute approximate surface area is 97.0 Å². The zero-order valence-corrected chi connectivity index (χ0v) is 9.86. The molecule has 88 valence electrons. The Morgan fingerprint density at radius 3 is 2.38 bits per heavy atom. The molecular weight excluding hydrogens is 198 g/mol. The molecule has 2 saturated carbocycles. The lowest BCUT2D eigenvalue weighted by Crippen LogP contribution is -2.06. The summed E-state index contributed by atoms with van der Waals surface area (Å²) in [6.45, 7) is 0. The normalized spacial score (nSPS) is 23.2. The fraction of sp³-hybridized carbons (Fsp3) is 0.769. The summed E-state index contributed by atoms with van der Waals surface area (Å²) in [5.41, 5.74) is 8.22. The number of anilines is 1.